The maximum Gasteiger partial charge on any atom is 0.248 e. The minimum absolute atomic E-state index is 0.420. The summed E-state index contributed by atoms with van der Waals surface area (Å²) in [4.78, 5) is 17.6. The molecule has 126 valence electrons. The SMILES string of the molecule is CC1=C(C(N)=O)[C@@H](c2ccccc2Cl)n2nc(-c3cccs3)nc2N1. The van der Waals surface area contributed by atoms with Crippen molar-refractivity contribution in [3.05, 3.63) is 63.6 Å². The highest BCUT2D eigenvalue weighted by Crippen LogP contribution is 2.38. The van der Waals surface area contributed by atoms with Crippen molar-refractivity contribution in [2.24, 2.45) is 5.73 Å². The average Bonchev–Trinajstić information content (AvgIpc) is 3.22. The number of primary amides is 1. The molecule has 0 saturated carbocycles. The van der Waals surface area contributed by atoms with Crippen molar-refractivity contribution in [1.82, 2.24) is 14.8 Å². The Hall–Kier alpha value is -2.64. The lowest BCUT2D eigenvalue weighted by molar-refractivity contribution is -0.115. The van der Waals surface area contributed by atoms with Crippen molar-refractivity contribution in [3.8, 4) is 10.7 Å². The summed E-state index contributed by atoms with van der Waals surface area (Å²) >= 11 is 7.94. The highest BCUT2D eigenvalue weighted by Gasteiger charge is 2.34. The Bertz CT molecular complexity index is 992. The minimum Gasteiger partial charge on any atom is -0.366 e. The van der Waals surface area contributed by atoms with Gasteiger partial charge in [0.15, 0.2) is 5.82 Å². The van der Waals surface area contributed by atoms with Crippen molar-refractivity contribution in [3.63, 3.8) is 0 Å². The third kappa shape index (κ3) is 2.61. The van der Waals surface area contributed by atoms with Crippen molar-refractivity contribution in [1.29, 1.82) is 0 Å². The Kier molecular flexibility index (Phi) is 3.82. The predicted octanol–water partition coefficient (Wildman–Crippen LogP) is 3.43. The molecule has 2 aromatic heterocycles. The van der Waals surface area contributed by atoms with Gasteiger partial charge in [-0.2, -0.15) is 4.98 Å². The molecule has 3 heterocycles. The number of aromatic nitrogens is 3. The normalized spacial score (nSPS) is 16.5. The van der Waals surface area contributed by atoms with Crippen molar-refractivity contribution in [2.45, 2.75) is 13.0 Å². The number of rotatable bonds is 3. The van der Waals surface area contributed by atoms with Gasteiger partial charge >= 0.3 is 0 Å². The highest BCUT2D eigenvalue weighted by atomic mass is 35.5. The number of anilines is 1. The maximum absolute atomic E-state index is 12.1. The number of hydrogen-bond donors (Lipinski definition) is 2. The molecule has 25 heavy (non-hydrogen) atoms. The summed E-state index contributed by atoms with van der Waals surface area (Å²) in [6, 6.07) is 10.7. The van der Waals surface area contributed by atoms with E-state index in [0.717, 1.165) is 10.4 Å². The number of nitrogens with one attached hydrogen (secondary N) is 1. The molecule has 0 fully saturated rings. The van der Waals surface area contributed by atoms with E-state index in [4.69, 9.17) is 17.3 Å². The Morgan fingerprint density at radius 1 is 1.32 bits per heavy atom. The van der Waals surface area contributed by atoms with Crippen LogP contribution in [0.25, 0.3) is 10.7 Å². The summed E-state index contributed by atoms with van der Waals surface area (Å²) in [5.74, 6) is 0.623. The van der Waals surface area contributed by atoms with Crippen molar-refractivity contribution in [2.75, 3.05) is 5.32 Å². The number of nitrogens with zero attached hydrogens (tertiary/aromatic N) is 3. The lowest BCUT2D eigenvalue weighted by atomic mass is 9.95. The molecule has 0 bridgehead atoms. The molecule has 0 unspecified atom stereocenters. The molecule has 3 N–H and O–H groups in total. The van der Waals surface area contributed by atoms with E-state index in [2.05, 4.69) is 15.4 Å². The van der Waals surface area contributed by atoms with Crippen LogP contribution in [0.4, 0.5) is 5.95 Å². The van der Waals surface area contributed by atoms with Crippen LogP contribution < -0.4 is 11.1 Å². The molecule has 1 amide bonds. The Morgan fingerprint density at radius 2 is 2.12 bits per heavy atom. The number of thiophene rings is 1. The third-order valence-electron chi connectivity index (χ3n) is 4.06. The number of carbonyl (C=O) groups is 1. The van der Waals surface area contributed by atoms with Crippen LogP contribution in [-0.4, -0.2) is 20.7 Å². The van der Waals surface area contributed by atoms with E-state index in [1.165, 1.54) is 0 Å². The molecule has 6 nitrogen and oxygen atoms in total. The second-order valence-corrected chi connectivity index (χ2v) is 6.99. The minimum atomic E-state index is -0.524. The van der Waals surface area contributed by atoms with Crippen molar-refractivity contribution < 1.29 is 4.79 Å². The van der Waals surface area contributed by atoms with Gasteiger partial charge in [0.05, 0.1) is 10.5 Å². The van der Waals surface area contributed by atoms with Gasteiger partial charge in [-0.1, -0.05) is 35.9 Å². The molecule has 0 saturated heterocycles. The van der Waals surface area contributed by atoms with Gasteiger partial charge in [-0.3, -0.25) is 4.79 Å². The molecule has 1 aliphatic heterocycles. The number of fused-ring (bicyclic) bond motifs is 1. The second kappa shape index (κ2) is 6.02. The van der Waals surface area contributed by atoms with Gasteiger partial charge in [0.1, 0.15) is 6.04 Å². The molecule has 1 aromatic carbocycles. The monoisotopic (exact) mass is 371 g/mol. The summed E-state index contributed by atoms with van der Waals surface area (Å²) < 4.78 is 1.67. The van der Waals surface area contributed by atoms with E-state index >= 15 is 0 Å². The van der Waals surface area contributed by atoms with E-state index in [9.17, 15) is 4.79 Å². The summed E-state index contributed by atoms with van der Waals surface area (Å²) in [5, 5.41) is 10.2. The molecule has 1 aliphatic rings. The molecule has 8 heteroatoms. The van der Waals surface area contributed by atoms with Crippen LogP contribution in [0.1, 0.15) is 18.5 Å². The van der Waals surface area contributed by atoms with E-state index in [0.29, 0.717) is 28.1 Å². The second-order valence-electron chi connectivity index (χ2n) is 5.63. The topological polar surface area (TPSA) is 85.8 Å². The third-order valence-corrected chi connectivity index (χ3v) is 5.27. The molecule has 0 aliphatic carbocycles. The maximum atomic E-state index is 12.1. The zero-order chi connectivity index (χ0) is 17.6. The molecule has 4 rings (SSSR count). The van der Waals surface area contributed by atoms with Gasteiger partial charge in [0.25, 0.3) is 0 Å². The van der Waals surface area contributed by atoms with Gasteiger partial charge in [0.2, 0.25) is 11.9 Å². The molecule has 1 atom stereocenters. The Morgan fingerprint density at radius 3 is 2.80 bits per heavy atom. The first-order valence-corrected chi connectivity index (χ1v) is 8.84. The van der Waals surface area contributed by atoms with Crippen LogP contribution in [0.5, 0.6) is 0 Å². The standard InChI is InChI=1S/C17H14ClN5OS/c1-9-13(15(19)24)14(10-5-2-3-6-11(10)18)23-17(20-9)21-16(22-23)12-7-4-8-25-12/h2-8,14H,1H3,(H2,19,24)(H,20,21,22)/t14-/m1/s1. The largest absolute Gasteiger partial charge is 0.366 e. The first-order valence-electron chi connectivity index (χ1n) is 7.58. The zero-order valence-corrected chi connectivity index (χ0v) is 14.8. The zero-order valence-electron chi connectivity index (χ0n) is 13.2. The quantitative estimate of drug-likeness (QED) is 0.738. The fourth-order valence-corrected chi connectivity index (χ4v) is 3.86. The van der Waals surface area contributed by atoms with Crippen LogP contribution >= 0.6 is 22.9 Å². The van der Waals surface area contributed by atoms with Crippen LogP contribution in [0.3, 0.4) is 0 Å². The highest BCUT2D eigenvalue weighted by molar-refractivity contribution is 7.13. The van der Waals surface area contributed by atoms with Gasteiger partial charge < -0.3 is 11.1 Å². The smallest absolute Gasteiger partial charge is 0.248 e. The van der Waals surface area contributed by atoms with Gasteiger partial charge in [-0.15, -0.1) is 16.4 Å². The first-order chi connectivity index (χ1) is 12.1. The summed E-state index contributed by atoms with van der Waals surface area (Å²) in [7, 11) is 0. The first kappa shape index (κ1) is 15.9. The number of nitrogens with two attached hydrogens (primary N) is 1. The number of benzene rings is 1. The molecule has 0 radical (unpaired) electrons. The fourth-order valence-electron chi connectivity index (χ4n) is 2.96. The van der Waals surface area contributed by atoms with E-state index in [1.807, 2.05) is 35.7 Å². The predicted molar refractivity (Wildman–Crippen MR) is 98.4 cm³/mol. The number of carbonyl (C=O) groups excluding carboxylic acids is 1. The molecule has 0 spiro atoms. The van der Waals surface area contributed by atoms with Crippen LogP contribution in [0, 0.1) is 0 Å². The van der Waals surface area contributed by atoms with E-state index < -0.39 is 11.9 Å². The number of halogens is 1. The lowest BCUT2D eigenvalue weighted by Crippen LogP contribution is -2.32. The molecular formula is C17H14ClN5OS. The van der Waals surface area contributed by atoms with Gasteiger partial charge in [-0.25, -0.2) is 4.68 Å². The van der Waals surface area contributed by atoms with E-state index in [-0.39, 0.29) is 0 Å². The van der Waals surface area contributed by atoms with Gasteiger partial charge in [-0.05, 0) is 24.4 Å². The summed E-state index contributed by atoms with van der Waals surface area (Å²) in [5.41, 5.74) is 7.47. The molecular weight excluding hydrogens is 358 g/mol. The van der Waals surface area contributed by atoms with Crippen LogP contribution in [0.15, 0.2) is 53.0 Å². The summed E-state index contributed by atoms with van der Waals surface area (Å²) in [6.45, 7) is 1.80. The van der Waals surface area contributed by atoms with Gasteiger partial charge in [0, 0.05) is 16.3 Å². The van der Waals surface area contributed by atoms with Crippen LogP contribution in [0.2, 0.25) is 5.02 Å². The number of allylic oxidation sites excluding steroid dienone is 1. The number of amides is 1. The van der Waals surface area contributed by atoms with Crippen LogP contribution in [-0.2, 0) is 4.79 Å². The fraction of sp³-hybridized carbons (Fsp3) is 0.118. The Labute approximate surface area is 152 Å². The Balaban J connectivity index is 1.93. The lowest BCUT2D eigenvalue weighted by Gasteiger charge is -2.28. The van der Waals surface area contributed by atoms with Crippen molar-refractivity contribution >= 4 is 34.8 Å². The summed E-state index contributed by atoms with van der Waals surface area (Å²) in [6.07, 6.45) is 0. The van der Waals surface area contributed by atoms with E-state index in [1.54, 1.807) is 29.0 Å². The number of hydrogen-bond acceptors (Lipinski definition) is 5. The average molecular weight is 372 g/mol. The molecule has 3 aromatic rings.